The van der Waals surface area contributed by atoms with Crippen molar-refractivity contribution in [2.75, 3.05) is 12.4 Å². The fraction of sp³-hybridized carbons (Fsp3) is 0.167. The van der Waals surface area contributed by atoms with Crippen LogP contribution in [0.25, 0.3) is 5.69 Å². The fourth-order valence-corrected chi connectivity index (χ4v) is 2.84. The molecule has 0 unspecified atom stereocenters. The molecule has 1 heterocycles. The highest BCUT2D eigenvalue weighted by Crippen LogP contribution is 2.17. The van der Waals surface area contributed by atoms with E-state index < -0.39 is 0 Å². The Morgan fingerprint density at radius 3 is 2.74 bits per heavy atom. The standard InChI is InChI=1S/C18H18N6O2S/c1-2-26-16-10-8-14(9-11-16)12-19-20-17(25)13-27-18-21-22-23-24(18)15-6-4-3-5-7-15/h3-12H,2,13H2,1H3,(H,20,25)/b19-12+. The van der Waals surface area contributed by atoms with Crippen molar-refractivity contribution >= 4 is 23.9 Å². The number of hydrazone groups is 1. The van der Waals surface area contributed by atoms with Crippen molar-refractivity contribution in [1.82, 2.24) is 25.6 Å². The highest BCUT2D eigenvalue weighted by atomic mass is 32.2. The van der Waals surface area contributed by atoms with E-state index in [4.69, 9.17) is 4.74 Å². The molecule has 0 spiro atoms. The second-order valence-corrected chi connectivity index (χ2v) is 6.24. The van der Waals surface area contributed by atoms with Crippen LogP contribution in [0.2, 0.25) is 0 Å². The molecule has 1 aromatic heterocycles. The Kier molecular flexibility index (Phi) is 6.53. The van der Waals surface area contributed by atoms with Gasteiger partial charge in [0.1, 0.15) is 5.75 Å². The first-order chi connectivity index (χ1) is 13.3. The van der Waals surface area contributed by atoms with Crippen LogP contribution in [0, 0.1) is 0 Å². The molecule has 0 aliphatic heterocycles. The third kappa shape index (κ3) is 5.38. The van der Waals surface area contributed by atoms with Crippen LogP contribution in [0.1, 0.15) is 12.5 Å². The van der Waals surface area contributed by atoms with Crippen molar-refractivity contribution in [2.45, 2.75) is 12.1 Å². The van der Waals surface area contributed by atoms with Gasteiger partial charge in [0.25, 0.3) is 5.91 Å². The first-order valence-electron chi connectivity index (χ1n) is 8.27. The minimum absolute atomic E-state index is 0.147. The molecule has 0 aliphatic carbocycles. The lowest BCUT2D eigenvalue weighted by Gasteiger charge is -2.03. The van der Waals surface area contributed by atoms with Crippen LogP contribution >= 0.6 is 11.8 Å². The Hall–Kier alpha value is -3.20. The van der Waals surface area contributed by atoms with Crippen molar-refractivity contribution in [1.29, 1.82) is 0 Å². The molecule has 1 N–H and O–H groups in total. The molecular weight excluding hydrogens is 364 g/mol. The predicted octanol–water partition coefficient (Wildman–Crippen LogP) is 2.30. The number of benzene rings is 2. The fourth-order valence-electron chi connectivity index (χ4n) is 2.16. The number of hydrogen-bond donors (Lipinski definition) is 1. The van der Waals surface area contributed by atoms with Gasteiger partial charge >= 0.3 is 0 Å². The van der Waals surface area contributed by atoms with Crippen LogP contribution < -0.4 is 10.2 Å². The summed E-state index contributed by atoms with van der Waals surface area (Å²) >= 11 is 1.23. The van der Waals surface area contributed by atoms with Crippen LogP contribution in [0.3, 0.4) is 0 Å². The number of rotatable bonds is 8. The molecule has 0 atom stereocenters. The lowest BCUT2D eigenvalue weighted by Crippen LogP contribution is -2.20. The first-order valence-corrected chi connectivity index (χ1v) is 9.26. The SMILES string of the molecule is CCOc1ccc(/C=N/NC(=O)CSc2nnnn2-c2ccccc2)cc1. The van der Waals surface area contributed by atoms with Gasteiger partial charge in [-0.25, -0.2) is 5.43 Å². The van der Waals surface area contributed by atoms with E-state index in [9.17, 15) is 4.79 Å². The number of hydrogen-bond acceptors (Lipinski definition) is 7. The van der Waals surface area contributed by atoms with Gasteiger partial charge in [-0.15, -0.1) is 5.10 Å². The van der Waals surface area contributed by atoms with E-state index in [0.29, 0.717) is 11.8 Å². The summed E-state index contributed by atoms with van der Waals surface area (Å²) in [7, 11) is 0. The summed E-state index contributed by atoms with van der Waals surface area (Å²) in [5.41, 5.74) is 4.19. The molecule has 9 heteroatoms. The highest BCUT2D eigenvalue weighted by molar-refractivity contribution is 7.99. The molecule has 27 heavy (non-hydrogen) atoms. The Bertz CT molecular complexity index is 896. The lowest BCUT2D eigenvalue weighted by atomic mass is 10.2. The highest BCUT2D eigenvalue weighted by Gasteiger charge is 2.10. The van der Waals surface area contributed by atoms with E-state index in [2.05, 4.69) is 26.1 Å². The summed E-state index contributed by atoms with van der Waals surface area (Å²) < 4.78 is 6.96. The maximum absolute atomic E-state index is 12.0. The molecule has 0 bridgehead atoms. The van der Waals surface area contributed by atoms with Gasteiger partial charge in [-0.3, -0.25) is 4.79 Å². The average molecular weight is 382 g/mol. The summed E-state index contributed by atoms with van der Waals surface area (Å²) in [4.78, 5) is 12.0. The van der Waals surface area contributed by atoms with Crippen LogP contribution in [-0.4, -0.2) is 44.7 Å². The summed E-state index contributed by atoms with van der Waals surface area (Å²) in [6, 6.07) is 16.9. The topological polar surface area (TPSA) is 94.3 Å². The monoisotopic (exact) mass is 382 g/mol. The van der Waals surface area contributed by atoms with Crippen molar-refractivity contribution in [3.63, 3.8) is 0 Å². The normalized spacial score (nSPS) is 10.9. The van der Waals surface area contributed by atoms with E-state index in [0.717, 1.165) is 17.0 Å². The quantitative estimate of drug-likeness (QED) is 0.365. The minimum Gasteiger partial charge on any atom is -0.494 e. The van der Waals surface area contributed by atoms with Crippen molar-refractivity contribution in [3.05, 3.63) is 60.2 Å². The number of carbonyl (C=O) groups is 1. The van der Waals surface area contributed by atoms with Gasteiger partial charge < -0.3 is 4.74 Å². The second-order valence-electron chi connectivity index (χ2n) is 5.29. The number of amides is 1. The van der Waals surface area contributed by atoms with Gasteiger partial charge in [0.2, 0.25) is 5.16 Å². The molecule has 0 fully saturated rings. The molecular formula is C18H18N6O2S. The van der Waals surface area contributed by atoms with E-state index >= 15 is 0 Å². The molecule has 1 amide bonds. The largest absolute Gasteiger partial charge is 0.494 e. The third-order valence-electron chi connectivity index (χ3n) is 3.37. The van der Waals surface area contributed by atoms with Crippen LogP contribution in [-0.2, 0) is 4.79 Å². The molecule has 0 radical (unpaired) electrons. The van der Waals surface area contributed by atoms with Crippen LogP contribution in [0.4, 0.5) is 0 Å². The summed E-state index contributed by atoms with van der Waals surface area (Å²) in [6.07, 6.45) is 1.58. The molecule has 8 nitrogen and oxygen atoms in total. The lowest BCUT2D eigenvalue weighted by molar-refractivity contribution is -0.118. The number of nitrogens with zero attached hydrogens (tertiary/aromatic N) is 5. The number of thioether (sulfide) groups is 1. The summed E-state index contributed by atoms with van der Waals surface area (Å²) in [5, 5.41) is 16.1. The van der Waals surface area contributed by atoms with E-state index in [1.54, 1.807) is 10.9 Å². The smallest absolute Gasteiger partial charge is 0.250 e. The number of ether oxygens (including phenoxy) is 1. The van der Waals surface area contributed by atoms with Gasteiger partial charge in [0.15, 0.2) is 0 Å². The third-order valence-corrected chi connectivity index (χ3v) is 4.29. The van der Waals surface area contributed by atoms with Gasteiger partial charge in [-0.2, -0.15) is 9.78 Å². The number of nitrogens with one attached hydrogen (secondary N) is 1. The van der Waals surface area contributed by atoms with E-state index in [1.165, 1.54) is 11.8 Å². The van der Waals surface area contributed by atoms with E-state index in [1.807, 2.05) is 61.5 Å². The molecule has 0 aliphatic rings. The predicted molar refractivity (Wildman–Crippen MR) is 103 cm³/mol. The zero-order valence-corrected chi connectivity index (χ0v) is 15.5. The second kappa shape index (κ2) is 9.48. The Labute approximate surface area is 160 Å². The van der Waals surface area contributed by atoms with Crippen molar-refractivity contribution < 1.29 is 9.53 Å². The zero-order chi connectivity index (χ0) is 18.9. The summed E-state index contributed by atoms with van der Waals surface area (Å²) in [6.45, 7) is 2.55. The van der Waals surface area contributed by atoms with Crippen LogP contribution in [0.15, 0.2) is 64.9 Å². The molecule has 3 aromatic rings. The number of tetrazole rings is 1. The Balaban J connectivity index is 1.50. The van der Waals surface area contributed by atoms with Crippen molar-refractivity contribution in [2.24, 2.45) is 5.10 Å². The molecule has 3 rings (SSSR count). The number of carbonyl (C=O) groups excluding carboxylic acids is 1. The minimum atomic E-state index is -0.246. The van der Waals surface area contributed by atoms with E-state index in [-0.39, 0.29) is 11.7 Å². The van der Waals surface area contributed by atoms with Gasteiger partial charge in [-0.05, 0) is 59.3 Å². The van der Waals surface area contributed by atoms with Gasteiger partial charge in [0.05, 0.1) is 24.3 Å². The average Bonchev–Trinajstić information content (AvgIpc) is 3.17. The number of para-hydroxylation sites is 1. The maximum Gasteiger partial charge on any atom is 0.250 e. The molecule has 0 saturated carbocycles. The van der Waals surface area contributed by atoms with Crippen LogP contribution in [0.5, 0.6) is 5.75 Å². The first kappa shape index (κ1) is 18.6. The van der Waals surface area contributed by atoms with Crippen molar-refractivity contribution in [3.8, 4) is 11.4 Å². The summed E-state index contributed by atoms with van der Waals surface area (Å²) in [5.74, 6) is 0.699. The Morgan fingerprint density at radius 1 is 1.22 bits per heavy atom. The van der Waals surface area contributed by atoms with Gasteiger partial charge in [0, 0.05) is 0 Å². The van der Waals surface area contributed by atoms with Gasteiger partial charge in [-0.1, -0.05) is 30.0 Å². The number of aromatic nitrogens is 4. The zero-order valence-electron chi connectivity index (χ0n) is 14.6. The molecule has 0 saturated heterocycles. The maximum atomic E-state index is 12.0. The molecule has 138 valence electrons. The Morgan fingerprint density at radius 2 is 2.00 bits per heavy atom. The molecule has 2 aromatic carbocycles.